The number of benzene rings is 1. The van der Waals surface area contributed by atoms with Crippen molar-refractivity contribution in [3.8, 4) is 5.75 Å². The van der Waals surface area contributed by atoms with E-state index >= 15 is 0 Å². The van der Waals surface area contributed by atoms with Crippen LogP contribution in [0.3, 0.4) is 0 Å². The van der Waals surface area contributed by atoms with E-state index in [1.165, 1.54) is 15.6 Å². The molecular weight excluding hydrogens is 523 g/mol. The second kappa shape index (κ2) is 12.4. The molecule has 29 heavy (non-hydrogen) atoms. The number of likely N-dealkylation sites (N-methyl/N-ethyl adjacent to an activating group) is 1. The number of nitrogens with one attached hydrogen (secondary N) is 2. The lowest BCUT2D eigenvalue weighted by atomic mass is 10.1. The van der Waals surface area contributed by atoms with Crippen LogP contribution in [0, 0.1) is 6.92 Å². The standard InChI is InChI=1S/C19H28N4O3S2.HI/c1-5-20-19(22-14-16-9-8-15(2)13-17(16)26-4)21-10-11-23(3)28(24,25)18-7-6-12-27-18;/h6-9,12-13H,5,10-11,14H2,1-4H3,(H2,20,21,22);1H. The molecule has 0 unspecified atom stereocenters. The number of thiophene rings is 1. The summed E-state index contributed by atoms with van der Waals surface area (Å²) < 4.78 is 32.0. The van der Waals surface area contributed by atoms with E-state index < -0.39 is 10.0 Å². The minimum atomic E-state index is -3.44. The number of aryl methyl sites for hydroxylation is 1. The first-order valence-electron chi connectivity index (χ1n) is 9.04. The van der Waals surface area contributed by atoms with Crippen molar-refractivity contribution in [1.29, 1.82) is 0 Å². The molecule has 0 bridgehead atoms. The average molecular weight is 553 g/mol. The number of sulfonamides is 1. The molecule has 7 nitrogen and oxygen atoms in total. The van der Waals surface area contributed by atoms with Crippen LogP contribution in [-0.4, -0.2) is 52.5 Å². The van der Waals surface area contributed by atoms with Gasteiger partial charge in [0.2, 0.25) is 0 Å². The van der Waals surface area contributed by atoms with Gasteiger partial charge < -0.3 is 15.4 Å². The number of guanidine groups is 1. The topological polar surface area (TPSA) is 83.0 Å². The van der Waals surface area contributed by atoms with Crippen LogP contribution in [-0.2, 0) is 16.6 Å². The third-order valence-corrected chi connectivity index (χ3v) is 7.30. The van der Waals surface area contributed by atoms with Gasteiger partial charge in [-0.2, -0.15) is 4.31 Å². The molecule has 162 valence electrons. The van der Waals surface area contributed by atoms with Crippen molar-refractivity contribution in [1.82, 2.24) is 14.9 Å². The molecule has 0 aliphatic carbocycles. The first-order chi connectivity index (χ1) is 13.4. The van der Waals surface area contributed by atoms with Gasteiger partial charge in [0.1, 0.15) is 9.96 Å². The van der Waals surface area contributed by atoms with Gasteiger partial charge in [0.05, 0.1) is 13.7 Å². The second-order valence-corrected chi connectivity index (χ2v) is 9.42. The van der Waals surface area contributed by atoms with Gasteiger partial charge >= 0.3 is 0 Å². The Morgan fingerprint density at radius 3 is 2.66 bits per heavy atom. The summed E-state index contributed by atoms with van der Waals surface area (Å²) in [4.78, 5) is 4.58. The van der Waals surface area contributed by atoms with Crippen LogP contribution in [0.1, 0.15) is 18.1 Å². The summed E-state index contributed by atoms with van der Waals surface area (Å²) in [5.41, 5.74) is 2.12. The fourth-order valence-corrected chi connectivity index (χ4v) is 4.88. The van der Waals surface area contributed by atoms with Gasteiger partial charge in [-0.05, 0) is 36.9 Å². The van der Waals surface area contributed by atoms with Gasteiger partial charge in [0.15, 0.2) is 5.96 Å². The molecule has 2 aromatic rings. The highest BCUT2D eigenvalue weighted by Crippen LogP contribution is 2.21. The maximum Gasteiger partial charge on any atom is 0.252 e. The fraction of sp³-hybridized carbons (Fsp3) is 0.421. The van der Waals surface area contributed by atoms with Gasteiger partial charge in [0, 0.05) is 32.2 Å². The van der Waals surface area contributed by atoms with Crippen molar-refractivity contribution in [3.63, 3.8) is 0 Å². The second-order valence-electron chi connectivity index (χ2n) is 6.20. The van der Waals surface area contributed by atoms with Crippen molar-refractivity contribution in [3.05, 3.63) is 46.8 Å². The summed E-state index contributed by atoms with van der Waals surface area (Å²) in [6.45, 7) is 5.94. The molecule has 0 aliphatic rings. The lowest BCUT2D eigenvalue weighted by molar-refractivity contribution is 0.409. The SMILES string of the molecule is CCNC(=NCc1ccc(C)cc1OC)NCCN(C)S(=O)(=O)c1cccs1.I. The predicted molar refractivity (Wildman–Crippen MR) is 130 cm³/mol. The van der Waals surface area contributed by atoms with Crippen LogP contribution in [0.15, 0.2) is 44.9 Å². The number of ether oxygens (including phenoxy) is 1. The normalized spacial score (nSPS) is 11.8. The minimum absolute atomic E-state index is 0. The highest BCUT2D eigenvalue weighted by Gasteiger charge is 2.21. The van der Waals surface area contributed by atoms with E-state index in [-0.39, 0.29) is 24.0 Å². The van der Waals surface area contributed by atoms with Gasteiger partial charge in [-0.1, -0.05) is 18.2 Å². The Balaban J connectivity index is 0.00000420. The molecular formula is C19H29IN4O3S2. The molecule has 2 N–H and O–H groups in total. The Morgan fingerprint density at radius 1 is 1.28 bits per heavy atom. The zero-order valence-electron chi connectivity index (χ0n) is 17.1. The van der Waals surface area contributed by atoms with Crippen LogP contribution in [0.5, 0.6) is 5.75 Å². The third kappa shape index (κ3) is 7.43. The largest absolute Gasteiger partial charge is 0.496 e. The van der Waals surface area contributed by atoms with Crippen molar-refractivity contribution >= 4 is 51.3 Å². The summed E-state index contributed by atoms with van der Waals surface area (Å²) in [5.74, 6) is 1.44. The number of nitrogens with zero attached hydrogens (tertiary/aromatic N) is 2. The lowest BCUT2D eigenvalue weighted by Gasteiger charge is -2.18. The molecule has 0 fully saturated rings. The molecule has 10 heteroatoms. The predicted octanol–water partition coefficient (Wildman–Crippen LogP) is 3.06. The van der Waals surface area contributed by atoms with E-state index in [0.29, 0.717) is 36.3 Å². The zero-order valence-corrected chi connectivity index (χ0v) is 21.1. The highest BCUT2D eigenvalue weighted by atomic mass is 127. The molecule has 1 aromatic heterocycles. The quantitative estimate of drug-likeness (QED) is 0.284. The number of hydrogen-bond acceptors (Lipinski definition) is 5. The van der Waals surface area contributed by atoms with E-state index in [0.717, 1.165) is 16.9 Å². The van der Waals surface area contributed by atoms with E-state index in [2.05, 4.69) is 15.6 Å². The van der Waals surface area contributed by atoms with Gasteiger partial charge in [0.25, 0.3) is 10.0 Å². The number of aliphatic imine (C=N–C) groups is 1. The third-order valence-electron chi connectivity index (χ3n) is 4.07. The van der Waals surface area contributed by atoms with Crippen molar-refractivity contribution in [2.75, 3.05) is 33.8 Å². The number of rotatable bonds is 9. The lowest BCUT2D eigenvalue weighted by Crippen LogP contribution is -2.42. The molecule has 0 radical (unpaired) electrons. The summed E-state index contributed by atoms with van der Waals surface area (Å²) in [5, 5.41) is 8.12. The molecule has 0 spiro atoms. The Bertz CT molecular complexity index is 887. The van der Waals surface area contributed by atoms with E-state index in [1.807, 2.05) is 32.0 Å². The Labute approximate surface area is 194 Å². The monoisotopic (exact) mass is 552 g/mol. The van der Waals surface area contributed by atoms with Crippen LogP contribution in [0.4, 0.5) is 0 Å². The highest BCUT2D eigenvalue weighted by molar-refractivity contribution is 14.0. The van der Waals surface area contributed by atoms with E-state index in [9.17, 15) is 8.42 Å². The molecule has 0 aliphatic heterocycles. The number of halogens is 1. The Kier molecular flexibility index (Phi) is 10.9. The van der Waals surface area contributed by atoms with Crippen LogP contribution in [0.25, 0.3) is 0 Å². The van der Waals surface area contributed by atoms with E-state index in [4.69, 9.17) is 4.74 Å². The fourth-order valence-electron chi connectivity index (χ4n) is 2.50. The molecule has 2 rings (SSSR count). The molecule has 0 atom stereocenters. The first kappa shape index (κ1) is 25.7. The Morgan fingerprint density at radius 2 is 2.03 bits per heavy atom. The van der Waals surface area contributed by atoms with Crippen molar-refractivity contribution in [2.24, 2.45) is 4.99 Å². The van der Waals surface area contributed by atoms with Crippen molar-refractivity contribution < 1.29 is 13.2 Å². The molecule has 0 saturated heterocycles. The molecule has 0 saturated carbocycles. The van der Waals surface area contributed by atoms with Gasteiger partial charge in [-0.15, -0.1) is 35.3 Å². The van der Waals surface area contributed by atoms with Gasteiger partial charge in [-0.3, -0.25) is 0 Å². The number of hydrogen-bond donors (Lipinski definition) is 2. The summed E-state index contributed by atoms with van der Waals surface area (Å²) >= 11 is 1.22. The molecule has 0 amide bonds. The summed E-state index contributed by atoms with van der Waals surface area (Å²) in [6.07, 6.45) is 0. The number of methoxy groups -OCH3 is 1. The zero-order chi connectivity index (χ0) is 20.6. The first-order valence-corrected chi connectivity index (χ1v) is 11.4. The summed E-state index contributed by atoms with van der Waals surface area (Å²) in [6, 6.07) is 9.36. The maximum atomic E-state index is 12.5. The van der Waals surface area contributed by atoms with Crippen molar-refractivity contribution in [2.45, 2.75) is 24.6 Å². The maximum absolute atomic E-state index is 12.5. The smallest absolute Gasteiger partial charge is 0.252 e. The van der Waals surface area contributed by atoms with Crippen LogP contribution >= 0.6 is 35.3 Å². The van der Waals surface area contributed by atoms with Gasteiger partial charge in [-0.25, -0.2) is 13.4 Å². The van der Waals surface area contributed by atoms with Crippen LogP contribution in [0.2, 0.25) is 0 Å². The van der Waals surface area contributed by atoms with E-state index in [1.54, 1.807) is 31.7 Å². The Hall–Kier alpha value is -1.37. The summed E-state index contributed by atoms with van der Waals surface area (Å²) in [7, 11) is -0.210. The van der Waals surface area contributed by atoms with Crippen LogP contribution < -0.4 is 15.4 Å². The molecule has 1 aromatic carbocycles. The molecule has 1 heterocycles. The average Bonchev–Trinajstić information content (AvgIpc) is 3.22. The minimum Gasteiger partial charge on any atom is -0.496 e.